The normalized spacial score (nSPS) is 32.5. The van der Waals surface area contributed by atoms with Crippen LogP contribution in [-0.4, -0.2) is 78.5 Å². The van der Waals surface area contributed by atoms with E-state index < -0.39 is 18.3 Å². The number of nitrogens with two attached hydrogens (primary N) is 1. The number of fused-ring (bicyclic) bond motifs is 2. The van der Waals surface area contributed by atoms with Gasteiger partial charge in [-0.25, -0.2) is 0 Å². The number of hydrogen-bond donors (Lipinski definition) is 7. The molecule has 3 aromatic carbocycles. The molecule has 71 heavy (non-hydrogen) atoms. The number of guanidine groups is 1. The van der Waals surface area contributed by atoms with Crippen molar-refractivity contribution in [3.63, 3.8) is 0 Å². The number of nitrogens with zero attached hydrogens (tertiary/aromatic N) is 1. The van der Waals surface area contributed by atoms with Crippen molar-refractivity contribution in [1.29, 1.82) is 0 Å². The second-order valence-electron chi connectivity index (χ2n) is 23.9. The monoisotopic (exact) mass is 973 g/mol. The summed E-state index contributed by atoms with van der Waals surface area (Å²) in [5.41, 5.74) is 13.9. The van der Waals surface area contributed by atoms with Gasteiger partial charge in [0.25, 0.3) is 0 Å². The summed E-state index contributed by atoms with van der Waals surface area (Å²) in [6.45, 7) is 8.95. The summed E-state index contributed by atoms with van der Waals surface area (Å²) < 4.78 is 20.5. The van der Waals surface area contributed by atoms with Crippen LogP contribution in [0.3, 0.4) is 0 Å². The Bertz CT molecular complexity index is 2450. The molecule has 386 valence electrons. The van der Waals surface area contributed by atoms with E-state index in [9.17, 15) is 20.4 Å². The number of phenolic OH excluding ortho intramolecular Hbond substituents is 2. The zero-order valence-corrected chi connectivity index (χ0v) is 43.4. The van der Waals surface area contributed by atoms with Gasteiger partial charge < -0.3 is 51.0 Å². The fourth-order valence-electron chi connectivity index (χ4n) is 15.6. The maximum absolute atomic E-state index is 12.4. The second-order valence-corrected chi connectivity index (χ2v) is 23.9. The number of methoxy groups -OCH3 is 1. The van der Waals surface area contributed by atoms with Crippen molar-refractivity contribution in [3.8, 4) is 39.9 Å². The fourth-order valence-corrected chi connectivity index (χ4v) is 15.6. The molecule has 3 saturated carbocycles. The standard InChI is InChI=1S/C60H84N4O7/c1-6-37-23-39-12-11-38(37)24-43(65)32-59(17-7-8-18-59)34-64-58(61)63-21-16-47-51(10-9-19-60(47)20-15-36(31-60)33-62-4)70-53-28-40(13-14-48(53)66)57-50(68)29-46-52(71-57)30-54(69-5)56-45-26-42(22-35(2)3)49(67)27-41(45)25-44(39)55(46)56/h11-14,26-28,30,35-39,43-44,47,50-51,57,62,65-68H,6-10,15-25,29,31-34H2,1-5H3,(H3,61,63,64)/t36-,37-,38-,39-,43-,44-,47-,50-,51-,57+,60-/m1/s1. The van der Waals surface area contributed by atoms with Gasteiger partial charge in [-0.3, -0.25) is 4.99 Å². The molecule has 0 radical (unpaired) electrons. The number of hydrogen-bond acceptors (Lipinski definition) is 11. The molecule has 0 amide bonds. The molecule has 8 bridgehead atoms. The minimum Gasteiger partial charge on any atom is -0.508 e. The Kier molecular flexibility index (Phi) is 14.7. The highest BCUT2D eigenvalue weighted by molar-refractivity contribution is 5.84. The Morgan fingerprint density at radius 2 is 1.72 bits per heavy atom. The molecular weight excluding hydrogens is 889 g/mol. The minimum atomic E-state index is -0.875. The maximum atomic E-state index is 12.4. The molecule has 5 aliphatic carbocycles. The van der Waals surface area contributed by atoms with Gasteiger partial charge in [-0.1, -0.05) is 58.3 Å². The van der Waals surface area contributed by atoms with E-state index in [1.165, 1.54) is 12.0 Å². The topological polar surface area (TPSA) is 171 Å². The van der Waals surface area contributed by atoms with Gasteiger partial charge in [0.1, 0.15) is 29.5 Å². The molecule has 11 heteroatoms. The van der Waals surface area contributed by atoms with Crippen LogP contribution in [0.25, 0.3) is 11.1 Å². The van der Waals surface area contributed by atoms with Crippen LogP contribution in [0.2, 0.25) is 0 Å². The van der Waals surface area contributed by atoms with Crippen molar-refractivity contribution in [2.45, 2.75) is 167 Å². The van der Waals surface area contributed by atoms with Crippen LogP contribution >= 0.6 is 0 Å². The van der Waals surface area contributed by atoms with Gasteiger partial charge in [0, 0.05) is 42.6 Å². The first-order chi connectivity index (χ1) is 34.3. The van der Waals surface area contributed by atoms with E-state index >= 15 is 0 Å². The first kappa shape index (κ1) is 50.1. The van der Waals surface area contributed by atoms with Gasteiger partial charge in [0.2, 0.25) is 0 Å². The third kappa shape index (κ3) is 10.0. The minimum absolute atomic E-state index is 0.0336. The summed E-state index contributed by atoms with van der Waals surface area (Å²) in [5.74, 6) is 4.79. The smallest absolute Gasteiger partial charge is 0.188 e. The van der Waals surface area contributed by atoms with Crippen LogP contribution < -0.4 is 30.6 Å². The van der Waals surface area contributed by atoms with E-state index in [1.54, 1.807) is 13.2 Å². The number of phenols is 2. The molecule has 8 N–H and O–H groups in total. The Morgan fingerprint density at radius 1 is 0.901 bits per heavy atom. The Hall–Kier alpha value is -4.45. The van der Waals surface area contributed by atoms with Gasteiger partial charge in [-0.05, 0) is 202 Å². The van der Waals surface area contributed by atoms with Gasteiger partial charge >= 0.3 is 0 Å². The molecule has 5 aliphatic heterocycles. The number of nitrogens with one attached hydrogen (secondary N) is 2. The number of aliphatic hydroxyl groups excluding tert-OH is 2. The van der Waals surface area contributed by atoms with Gasteiger partial charge in [0.15, 0.2) is 17.5 Å². The third-order valence-electron chi connectivity index (χ3n) is 18.9. The lowest BCUT2D eigenvalue weighted by atomic mass is 9.62. The summed E-state index contributed by atoms with van der Waals surface area (Å²) in [5, 5.41) is 54.5. The van der Waals surface area contributed by atoms with E-state index in [4.69, 9.17) is 24.9 Å². The molecule has 0 aromatic heterocycles. The number of aromatic hydroxyl groups is 2. The van der Waals surface area contributed by atoms with E-state index in [0.717, 1.165) is 148 Å². The van der Waals surface area contributed by atoms with Gasteiger partial charge in [-0.15, -0.1) is 0 Å². The third-order valence-corrected chi connectivity index (χ3v) is 18.9. The average Bonchev–Trinajstić information content (AvgIpc) is 3.99. The molecule has 0 saturated heterocycles. The zero-order chi connectivity index (χ0) is 49.6. The molecule has 0 unspecified atom stereocenters. The van der Waals surface area contributed by atoms with E-state index in [-0.39, 0.29) is 46.4 Å². The molecule has 3 fully saturated rings. The molecule has 11 nitrogen and oxygen atoms in total. The first-order valence-electron chi connectivity index (χ1n) is 27.8. The predicted molar refractivity (Wildman–Crippen MR) is 281 cm³/mol. The Balaban J connectivity index is 1.07. The predicted octanol–water partition coefficient (Wildman–Crippen LogP) is 10.4. The Morgan fingerprint density at radius 3 is 2.49 bits per heavy atom. The SMILES string of the molecule is CC[C@@H]1C[C@H]2C=C[C@@H]1C[C@@H](O)CC1(CCCC1)CN=C(N)NCC[C@@H]1[C@@H](CCC[C@]13CC[C@@H](CNC)C3)Oc1cc(ccc1O)[C@@H]1Oc3cc(OC)c4c(c3C[C@H]1O)[C@@H]2Cc1cc(O)c(CC(C)C)cc1-4. The van der Waals surface area contributed by atoms with E-state index in [1.807, 2.05) is 24.3 Å². The lowest BCUT2D eigenvalue weighted by Crippen LogP contribution is -2.46. The van der Waals surface area contributed by atoms with Crippen molar-refractivity contribution >= 4 is 5.96 Å². The molecule has 5 heterocycles. The summed E-state index contributed by atoms with van der Waals surface area (Å²) in [6, 6.07) is 11.7. The zero-order valence-electron chi connectivity index (χ0n) is 43.4. The van der Waals surface area contributed by atoms with Gasteiger partial charge in [0.05, 0.1) is 19.3 Å². The van der Waals surface area contributed by atoms with Gasteiger partial charge in [-0.2, -0.15) is 0 Å². The summed E-state index contributed by atoms with van der Waals surface area (Å²) in [4.78, 5) is 5.03. The number of ether oxygens (including phenoxy) is 3. The van der Waals surface area contributed by atoms with E-state index in [0.29, 0.717) is 60.5 Å². The molecule has 11 atom stereocenters. The van der Waals surface area contributed by atoms with Crippen molar-refractivity contribution in [2.24, 2.45) is 57.1 Å². The maximum Gasteiger partial charge on any atom is 0.188 e. The molecule has 3 aromatic rings. The number of rotatable bonds is 6. The largest absolute Gasteiger partial charge is 0.508 e. The van der Waals surface area contributed by atoms with E-state index in [2.05, 4.69) is 56.7 Å². The van der Waals surface area contributed by atoms with Crippen LogP contribution in [0, 0.1) is 46.3 Å². The second kappa shape index (κ2) is 20.8. The molecule has 10 aliphatic rings. The number of aliphatic imine (C=N–C) groups is 1. The highest BCUT2D eigenvalue weighted by atomic mass is 16.5. The summed E-state index contributed by atoms with van der Waals surface area (Å²) in [6.07, 6.45) is 19.8. The Labute approximate surface area is 423 Å². The van der Waals surface area contributed by atoms with Crippen molar-refractivity contribution in [2.75, 3.05) is 33.8 Å². The highest BCUT2D eigenvalue weighted by Crippen LogP contribution is 2.58. The molecule has 2 spiro atoms. The lowest BCUT2D eigenvalue weighted by molar-refractivity contribution is -0.0176. The van der Waals surface area contributed by atoms with Crippen LogP contribution in [-0.2, 0) is 19.3 Å². The summed E-state index contributed by atoms with van der Waals surface area (Å²) in [7, 11) is 3.78. The number of benzene rings is 3. The van der Waals surface area contributed by atoms with Crippen molar-refractivity contribution < 1.29 is 34.6 Å². The van der Waals surface area contributed by atoms with Crippen LogP contribution in [0.5, 0.6) is 28.7 Å². The fraction of sp³-hybridized carbons (Fsp3) is 0.650. The number of aliphatic hydroxyl groups is 2. The summed E-state index contributed by atoms with van der Waals surface area (Å²) >= 11 is 0. The average molecular weight is 973 g/mol. The van der Waals surface area contributed by atoms with Crippen molar-refractivity contribution in [1.82, 2.24) is 10.6 Å². The highest BCUT2D eigenvalue weighted by Gasteiger charge is 2.50. The number of allylic oxidation sites excluding steroid dienone is 2. The van der Waals surface area contributed by atoms with Crippen molar-refractivity contribution in [3.05, 3.63) is 76.4 Å². The molecular formula is C60H84N4O7. The lowest BCUT2D eigenvalue weighted by Gasteiger charge is -2.46. The van der Waals surface area contributed by atoms with Crippen LogP contribution in [0.4, 0.5) is 0 Å². The first-order valence-corrected chi connectivity index (χ1v) is 27.8. The molecule has 13 rings (SSSR count). The van der Waals surface area contributed by atoms with Crippen LogP contribution in [0.1, 0.15) is 157 Å². The quantitative estimate of drug-likeness (QED) is 0.118. The van der Waals surface area contributed by atoms with Crippen LogP contribution in [0.15, 0.2) is 53.5 Å².